The number of anilines is 2. The van der Waals surface area contributed by atoms with Crippen molar-refractivity contribution >= 4 is 34.7 Å². The number of hydrogen-bond donors (Lipinski definition) is 2. The van der Waals surface area contributed by atoms with Gasteiger partial charge in [-0.25, -0.2) is 9.50 Å². The summed E-state index contributed by atoms with van der Waals surface area (Å²) < 4.78 is 34.3. The summed E-state index contributed by atoms with van der Waals surface area (Å²) in [5, 5.41) is 14.6. The van der Waals surface area contributed by atoms with Gasteiger partial charge in [-0.2, -0.15) is 19.0 Å². The van der Waals surface area contributed by atoms with Gasteiger partial charge < -0.3 is 15.4 Å². The number of fused-ring (bicyclic) bond motifs is 2. The molecule has 5 rings (SSSR count). The van der Waals surface area contributed by atoms with Crippen molar-refractivity contribution in [2.24, 2.45) is 7.05 Å². The van der Waals surface area contributed by atoms with Gasteiger partial charge in [-0.05, 0) is 19.1 Å². The zero-order chi connectivity index (χ0) is 24.0. The molecule has 1 unspecified atom stereocenters. The minimum Gasteiger partial charge on any atom is -0.434 e. The number of alkyl halides is 2. The van der Waals surface area contributed by atoms with Crippen LogP contribution in [0.25, 0.3) is 16.9 Å². The molecule has 0 bridgehead atoms. The van der Waals surface area contributed by atoms with E-state index in [1.165, 1.54) is 33.2 Å². The molecule has 0 fully saturated rings. The number of nitrogens with one attached hydrogen (secondary N) is 2. The number of hydrogen-bond acceptors (Lipinski definition) is 7. The highest BCUT2D eigenvalue weighted by molar-refractivity contribution is 8.00. The standard InChI is InChI=1S/C22H19F2N7O2S/c1-11-12(2)34-18-7-13(17(33-22(23)24)8-15(18)27-11)19-16(10-30(3)29-19)28-21(32)14-9-26-31-6-4-5-25-20(14)31/h4-10,12,22,27H,1H2,2-3H3,(H,28,32). The molecular weight excluding hydrogens is 464 g/mol. The molecule has 0 saturated carbocycles. The third-order valence-corrected chi connectivity index (χ3v) is 6.47. The van der Waals surface area contributed by atoms with Gasteiger partial charge in [0.1, 0.15) is 17.0 Å². The number of rotatable bonds is 5. The van der Waals surface area contributed by atoms with Crippen LogP contribution in [0, 0.1) is 0 Å². The molecule has 9 nitrogen and oxygen atoms in total. The highest BCUT2D eigenvalue weighted by Gasteiger charge is 2.26. The number of thioether (sulfide) groups is 1. The van der Waals surface area contributed by atoms with Crippen LogP contribution < -0.4 is 15.4 Å². The molecule has 4 aromatic rings. The number of halogens is 2. The van der Waals surface area contributed by atoms with E-state index in [1.54, 1.807) is 37.8 Å². The van der Waals surface area contributed by atoms with Gasteiger partial charge in [-0.1, -0.05) is 6.58 Å². The monoisotopic (exact) mass is 483 g/mol. The molecule has 4 heterocycles. The number of carbonyl (C=O) groups is 1. The molecule has 1 aromatic carbocycles. The third kappa shape index (κ3) is 3.96. The maximum Gasteiger partial charge on any atom is 0.387 e. The van der Waals surface area contributed by atoms with Crippen LogP contribution in [-0.2, 0) is 7.05 Å². The summed E-state index contributed by atoms with van der Waals surface area (Å²) in [6, 6.07) is 4.92. The molecule has 174 valence electrons. The van der Waals surface area contributed by atoms with Crippen LogP contribution >= 0.6 is 11.8 Å². The largest absolute Gasteiger partial charge is 0.434 e. The average Bonchev–Trinajstić information content (AvgIpc) is 3.37. The second-order valence-electron chi connectivity index (χ2n) is 7.60. The first-order valence-electron chi connectivity index (χ1n) is 10.2. The summed E-state index contributed by atoms with van der Waals surface area (Å²) in [5.41, 5.74) is 2.97. The van der Waals surface area contributed by atoms with E-state index in [2.05, 4.69) is 32.4 Å². The van der Waals surface area contributed by atoms with Gasteiger partial charge in [-0.15, -0.1) is 11.8 Å². The molecule has 3 aromatic heterocycles. The lowest BCUT2D eigenvalue weighted by Gasteiger charge is -2.26. The summed E-state index contributed by atoms with van der Waals surface area (Å²) in [4.78, 5) is 18.1. The van der Waals surface area contributed by atoms with E-state index < -0.39 is 12.5 Å². The molecule has 0 saturated heterocycles. The molecule has 0 aliphatic carbocycles. The Bertz CT molecular complexity index is 1430. The molecule has 2 N–H and O–H groups in total. The van der Waals surface area contributed by atoms with Crippen molar-refractivity contribution in [3.05, 3.63) is 60.8 Å². The van der Waals surface area contributed by atoms with E-state index in [0.717, 1.165) is 10.6 Å². The first kappa shape index (κ1) is 21.9. The molecular formula is C22H19F2N7O2S. The predicted octanol–water partition coefficient (Wildman–Crippen LogP) is 4.40. The van der Waals surface area contributed by atoms with Crippen molar-refractivity contribution in [1.82, 2.24) is 24.4 Å². The fourth-order valence-corrected chi connectivity index (χ4v) is 4.63. The molecule has 12 heteroatoms. The molecule has 1 aliphatic rings. The quantitative estimate of drug-likeness (QED) is 0.434. The first-order chi connectivity index (χ1) is 16.3. The molecule has 0 radical (unpaired) electrons. The smallest absolute Gasteiger partial charge is 0.387 e. The maximum absolute atomic E-state index is 13.3. The normalized spacial score (nSPS) is 15.3. The van der Waals surface area contributed by atoms with E-state index in [4.69, 9.17) is 4.74 Å². The number of aryl methyl sites for hydroxylation is 1. The van der Waals surface area contributed by atoms with Crippen molar-refractivity contribution in [2.45, 2.75) is 23.7 Å². The lowest BCUT2D eigenvalue weighted by atomic mass is 10.1. The van der Waals surface area contributed by atoms with Gasteiger partial charge >= 0.3 is 6.61 Å². The number of carbonyl (C=O) groups excluding carboxylic acids is 1. The molecule has 0 spiro atoms. The van der Waals surface area contributed by atoms with Gasteiger partial charge in [0.15, 0.2) is 5.65 Å². The van der Waals surface area contributed by atoms with E-state index in [0.29, 0.717) is 22.6 Å². The third-order valence-electron chi connectivity index (χ3n) is 5.24. The number of amides is 1. The van der Waals surface area contributed by atoms with Crippen molar-refractivity contribution < 1.29 is 18.3 Å². The summed E-state index contributed by atoms with van der Waals surface area (Å²) in [7, 11) is 1.67. The number of nitrogens with zero attached hydrogens (tertiary/aromatic N) is 5. The van der Waals surface area contributed by atoms with Crippen LogP contribution in [0.15, 0.2) is 60.2 Å². The Hall–Kier alpha value is -3.93. The average molecular weight is 484 g/mol. The van der Waals surface area contributed by atoms with Crippen molar-refractivity contribution in [3.8, 4) is 17.0 Å². The second-order valence-corrected chi connectivity index (χ2v) is 8.98. The number of benzene rings is 1. The van der Waals surface area contributed by atoms with Crippen molar-refractivity contribution in [3.63, 3.8) is 0 Å². The predicted molar refractivity (Wildman–Crippen MR) is 124 cm³/mol. The maximum atomic E-state index is 13.3. The van der Waals surface area contributed by atoms with Crippen LogP contribution in [0.1, 0.15) is 17.3 Å². The molecule has 1 atom stereocenters. The van der Waals surface area contributed by atoms with Crippen LogP contribution in [0.5, 0.6) is 5.75 Å². The first-order valence-corrected chi connectivity index (χ1v) is 11.1. The summed E-state index contributed by atoms with van der Waals surface area (Å²) in [6.45, 7) is 2.91. The number of aromatic nitrogens is 5. The zero-order valence-electron chi connectivity index (χ0n) is 18.1. The van der Waals surface area contributed by atoms with E-state index >= 15 is 0 Å². The molecule has 1 amide bonds. The minimum absolute atomic E-state index is 0.0731. The molecule has 1 aliphatic heterocycles. The Balaban J connectivity index is 1.56. The van der Waals surface area contributed by atoms with E-state index in [1.807, 2.05) is 6.92 Å². The van der Waals surface area contributed by atoms with Gasteiger partial charge in [0.05, 0.1) is 17.6 Å². The van der Waals surface area contributed by atoms with Crippen LogP contribution in [0.2, 0.25) is 0 Å². The fraction of sp³-hybridized carbons (Fsp3) is 0.182. The Morgan fingerprint density at radius 3 is 3.00 bits per heavy atom. The Morgan fingerprint density at radius 2 is 2.21 bits per heavy atom. The van der Waals surface area contributed by atoms with Crippen LogP contribution in [0.3, 0.4) is 0 Å². The van der Waals surface area contributed by atoms with Crippen LogP contribution in [-0.4, -0.2) is 42.1 Å². The Morgan fingerprint density at radius 1 is 1.38 bits per heavy atom. The summed E-state index contributed by atoms with van der Waals surface area (Å²) in [5.74, 6) is -0.533. The molecule has 34 heavy (non-hydrogen) atoms. The summed E-state index contributed by atoms with van der Waals surface area (Å²) >= 11 is 1.54. The minimum atomic E-state index is -3.04. The Kier molecular flexibility index (Phi) is 5.44. The van der Waals surface area contributed by atoms with Crippen molar-refractivity contribution in [1.29, 1.82) is 0 Å². The number of ether oxygens (including phenoxy) is 1. The van der Waals surface area contributed by atoms with E-state index in [9.17, 15) is 13.6 Å². The topological polar surface area (TPSA) is 98.4 Å². The highest BCUT2D eigenvalue weighted by Crippen LogP contribution is 2.46. The fourth-order valence-electron chi connectivity index (χ4n) is 3.63. The lowest BCUT2D eigenvalue weighted by molar-refractivity contribution is -0.0494. The summed E-state index contributed by atoms with van der Waals surface area (Å²) in [6.07, 6.45) is 6.24. The van der Waals surface area contributed by atoms with Gasteiger partial charge in [0.25, 0.3) is 5.91 Å². The highest BCUT2D eigenvalue weighted by atomic mass is 32.2. The Labute approximate surface area is 196 Å². The van der Waals surface area contributed by atoms with Crippen molar-refractivity contribution in [2.75, 3.05) is 10.6 Å². The zero-order valence-corrected chi connectivity index (χ0v) is 18.9. The lowest BCUT2D eigenvalue weighted by Crippen LogP contribution is -2.16. The van der Waals surface area contributed by atoms with Crippen LogP contribution in [0.4, 0.5) is 20.2 Å². The SMILES string of the molecule is C=C1Nc2cc(OC(F)F)c(-c3nn(C)cc3NC(=O)c3cnn4cccnc34)cc2SC1C. The van der Waals surface area contributed by atoms with E-state index in [-0.39, 0.29) is 22.3 Å². The van der Waals surface area contributed by atoms with Gasteiger partial charge in [0.2, 0.25) is 0 Å². The second kappa shape index (κ2) is 8.45. The van der Waals surface area contributed by atoms with Gasteiger partial charge in [-0.3, -0.25) is 9.48 Å². The van der Waals surface area contributed by atoms with Gasteiger partial charge in [0, 0.05) is 53.1 Å².